The van der Waals surface area contributed by atoms with Gasteiger partial charge in [-0.15, -0.1) is 0 Å². The van der Waals surface area contributed by atoms with E-state index in [-0.39, 0.29) is 17.5 Å². The van der Waals surface area contributed by atoms with Crippen LogP contribution in [0.3, 0.4) is 0 Å². The van der Waals surface area contributed by atoms with Gasteiger partial charge in [-0.1, -0.05) is 12.1 Å². The average molecular weight is 340 g/mol. The van der Waals surface area contributed by atoms with E-state index in [2.05, 4.69) is 15.0 Å². The molecule has 126 valence electrons. The molecular formula is C16H12N4O5. The van der Waals surface area contributed by atoms with Crippen molar-refractivity contribution in [2.45, 2.75) is 0 Å². The van der Waals surface area contributed by atoms with Crippen LogP contribution < -0.4 is 14.2 Å². The molecule has 25 heavy (non-hydrogen) atoms. The zero-order chi connectivity index (χ0) is 17.6. The summed E-state index contributed by atoms with van der Waals surface area (Å²) in [6.45, 7) is 0. The minimum Gasteiger partial charge on any atom is -0.493 e. The van der Waals surface area contributed by atoms with Gasteiger partial charge in [0.2, 0.25) is 0 Å². The zero-order valence-electron chi connectivity index (χ0n) is 13.0. The number of aromatic nitrogens is 3. The molecule has 2 aromatic heterocycles. The normalized spacial score (nSPS) is 10.1. The first kappa shape index (κ1) is 16.1. The molecule has 9 nitrogen and oxygen atoms in total. The Labute approximate surface area is 142 Å². The Morgan fingerprint density at radius 1 is 1.00 bits per heavy atom. The van der Waals surface area contributed by atoms with Crippen molar-refractivity contribution in [2.24, 2.45) is 0 Å². The Morgan fingerprint density at radius 3 is 2.36 bits per heavy atom. The second-order valence-corrected chi connectivity index (χ2v) is 4.63. The van der Waals surface area contributed by atoms with E-state index in [1.807, 2.05) is 0 Å². The van der Waals surface area contributed by atoms with Crippen molar-refractivity contribution in [3.05, 3.63) is 65.2 Å². The number of pyridine rings is 1. The van der Waals surface area contributed by atoms with Crippen LogP contribution in [0.15, 0.2) is 55.1 Å². The maximum atomic E-state index is 11.5. The minimum atomic E-state index is -0.670. The number of benzene rings is 1. The Bertz CT molecular complexity index is 889. The Balaban J connectivity index is 1.99. The van der Waals surface area contributed by atoms with Crippen LogP contribution in [0.5, 0.6) is 29.0 Å². The Hall–Kier alpha value is -3.75. The van der Waals surface area contributed by atoms with Crippen LogP contribution in [-0.4, -0.2) is 27.0 Å². The molecule has 0 radical (unpaired) electrons. The molecule has 0 aliphatic rings. The molecule has 3 aromatic rings. The average Bonchev–Trinajstić information content (AvgIpc) is 2.63. The van der Waals surface area contributed by atoms with E-state index >= 15 is 0 Å². The van der Waals surface area contributed by atoms with Crippen LogP contribution in [0.2, 0.25) is 0 Å². The Kier molecular flexibility index (Phi) is 4.65. The topological polar surface area (TPSA) is 110 Å². The monoisotopic (exact) mass is 340 g/mol. The first-order chi connectivity index (χ1) is 12.2. The minimum absolute atomic E-state index is 0.252. The second kappa shape index (κ2) is 7.21. The van der Waals surface area contributed by atoms with Crippen LogP contribution >= 0.6 is 0 Å². The van der Waals surface area contributed by atoms with Crippen LogP contribution in [0.4, 0.5) is 5.69 Å². The van der Waals surface area contributed by atoms with Gasteiger partial charge < -0.3 is 14.2 Å². The summed E-state index contributed by atoms with van der Waals surface area (Å²) in [6, 6.07) is 9.95. The smallest absolute Gasteiger partial charge is 0.393 e. The van der Waals surface area contributed by atoms with Gasteiger partial charge in [0.25, 0.3) is 0 Å². The highest BCUT2D eigenvalue weighted by Gasteiger charge is 2.27. The predicted octanol–water partition coefficient (Wildman–Crippen LogP) is 3.37. The van der Waals surface area contributed by atoms with Crippen molar-refractivity contribution >= 4 is 5.69 Å². The van der Waals surface area contributed by atoms with Gasteiger partial charge >= 0.3 is 17.4 Å². The van der Waals surface area contributed by atoms with Crippen molar-refractivity contribution in [1.29, 1.82) is 0 Å². The zero-order valence-corrected chi connectivity index (χ0v) is 13.0. The van der Waals surface area contributed by atoms with Crippen molar-refractivity contribution in [3.8, 4) is 29.0 Å². The van der Waals surface area contributed by atoms with Gasteiger partial charge in [-0.2, -0.15) is 9.97 Å². The predicted molar refractivity (Wildman–Crippen MR) is 86.1 cm³/mol. The maximum Gasteiger partial charge on any atom is 0.393 e. The number of nitro groups is 1. The molecule has 0 saturated carbocycles. The molecule has 0 saturated heterocycles. The molecule has 2 heterocycles. The van der Waals surface area contributed by atoms with Gasteiger partial charge in [-0.3, -0.25) is 15.1 Å². The van der Waals surface area contributed by atoms with Gasteiger partial charge in [0.05, 0.1) is 18.2 Å². The van der Waals surface area contributed by atoms with Crippen LogP contribution in [-0.2, 0) is 0 Å². The van der Waals surface area contributed by atoms with Gasteiger partial charge in [0.1, 0.15) is 12.1 Å². The maximum absolute atomic E-state index is 11.5. The molecule has 0 spiro atoms. The number of para-hydroxylation sites is 2. The lowest BCUT2D eigenvalue weighted by Crippen LogP contribution is -2.01. The highest BCUT2D eigenvalue weighted by atomic mass is 16.6. The molecule has 0 aliphatic carbocycles. The molecule has 9 heteroatoms. The van der Waals surface area contributed by atoms with Crippen LogP contribution in [0.1, 0.15) is 0 Å². The van der Waals surface area contributed by atoms with E-state index in [1.54, 1.807) is 42.6 Å². The van der Waals surface area contributed by atoms with Gasteiger partial charge in [0.15, 0.2) is 11.5 Å². The molecule has 0 bridgehead atoms. The summed E-state index contributed by atoms with van der Waals surface area (Å²) in [7, 11) is 1.47. The number of hydrogen-bond acceptors (Lipinski definition) is 8. The number of ether oxygens (including phenoxy) is 3. The molecule has 0 amide bonds. The van der Waals surface area contributed by atoms with E-state index in [9.17, 15) is 10.1 Å². The summed E-state index contributed by atoms with van der Waals surface area (Å²) >= 11 is 0. The third-order valence-electron chi connectivity index (χ3n) is 3.06. The highest BCUT2D eigenvalue weighted by Crippen LogP contribution is 2.39. The van der Waals surface area contributed by atoms with Crippen LogP contribution in [0, 0.1) is 10.1 Å². The molecule has 1 aromatic carbocycles. The van der Waals surface area contributed by atoms with Gasteiger partial charge in [-0.25, -0.2) is 0 Å². The third kappa shape index (κ3) is 3.61. The summed E-state index contributed by atoms with van der Waals surface area (Å²) < 4.78 is 16.2. The van der Waals surface area contributed by atoms with E-state index in [0.29, 0.717) is 11.5 Å². The standard InChI is InChI=1S/C16H12N4O5/c1-23-12-6-2-3-7-13(12)25-16-14(20(21)22)15(18-10-19-16)24-11-5-4-8-17-9-11/h2-10H,1H3. The van der Waals surface area contributed by atoms with Gasteiger partial charge in [0, 0.05) is 6.20 Å². The highest BCUT2D eigenvalue weighted by molar-refractivity contribution is 5.53. The third-order valence-corrected chi connectivity index (χ3v) is 3.06. The summed E-state index contributed by atoms with van der Waals surface area (Å²) in [4.78, 5) is 22.4. The summed E-state index contributed by atoms with van der Waals surface area (Å²) in [5.74, 6) is 0.470. The second-order valence-electron chi connectivity index (χ2n) is 4.63. The van der Waals surface area contributed by atoms with Crippen molar-refractivity contribution in [3.63, 3.8) is 0 Å². The summed E-state index contributed by atoms with van der Waals surface area (Å²) in [5.41, 5.74) is -0.503. The number of rotatable bonds is 6. The molecule has 0 N–H and O–H groups in total. The lowest BCUT2D eigenvalue weighted by atomic mass is 10.3. The fourth-order valence-electron chi connectivity index (χ4n) is 1.98. The molecule has 0 aliphatic heterocycles. The first-order valence-corrected chi connectivity index (χ1v) is 7.07. The number of methoxy groups -OCH3 is 1. The van der Waals surface area contributed by atoms with E-state index in [0.717, 1.165) is 6.33 Å². The van der Waals surface area contributed by atoms with Crippen molar-refractivity contribution in [2.75, 3.05) is 7.11 Å². The summed E-state index contributed by atoms with van der Waals surface area (Å²) in [6.07, 6.45) is 4.08. The SMILES string of the molecule is COc1ccccc1Oc1ncnc(Oc2cccnc2)c1[N+](=O)[O-]. The van der Waals surface area contributed by atoms with E-state index in [1.165, 1.54) is 13.3 Å². The molecule has 3 rings (SSSR count). The fourth-order valence-corrected chi connectivity index (χ4v) is 1.98. The molecular weight excluding hydrogens is 328 g/mol. The molecule has 0 atom stereocenters. The van der Waals surface area contributed by atoms with Crippen molar-refractivity contribution < 1.29 is 19.1 Å². The van der Waals surface area contributed by atoms with E-state index < -0.39 is 10.6 Å². The number of nitrogens with zero attached hydrogens (tertiary/aromatic N) is 4. The number of hydrogen-bond donors (Lipinski definition) is 0. The quantitative estimate of drug-likeness (QED) is 0.496. The fraction of sp³-hybridized carbons (Fsp3) is 0.0625. The van der Waals surface area contributed by atoms with Gasteiger partial charge in [-0.05, 0) is 24.3 Å². The van der Waals surface area contributed by atoms with E-state index in [4.69, 9.17) is 14.2 Å². The largest absolute Gasteiger partial charge is 0.493 e. The lowest BCUT2D eigenvalue weighted by molar-refractivity contribution is -0.387. The summed E-state index contributed by atoms with van der Waals surface area (Å²) in [5, 5.41) is 11.5. The Morgan fingerprint density at radius 2 is 1.72 bits per heavy atom. The van der Waals surface area contributed by atoms with Crippen molar-refractivity contribution in [1.82, 2.24) is 15.0 Å². The molecule has 0 unspecified atom stereocenters. The molecule has 0 fully saturated rings. The van der Waals surface area contributed by atoms with Crippen LogP contribution in [0.25, 0.3) is 0 Å². The first-order valence-electron chi connectivity index (χ1n) is 7.07. The lowest BCUT2D eigenvalue weighted by Gasteiger charge is -2.10.